The van der Waals surface area contributed by atoms with Crippen LogP contribution < -0.4 is 0 Å². The lowest BCUT2D eigenvalue weighted by Crippen LogP contribution is -2.48. The van der Waals surface area contributed by atoms with E-state index in [4.69, 9.17) is 0 Å². The summed E-state index contributed by atoms with van der Waals surface area (Å²) in [6.07, 6.45) is 10.2. The second-order valence-electron chi connectivity index (χ2n) is 9.63. The number of hydrogen-bond acceptors (Lipinski definition) is 4. The smallest absolute Gasteiger partial charge is 0.253 e. The summed E-state index contributed by atoms with van der Waals surface area (Å²) in [6, 6.07) is 8.76. The number of sulfonamides is 1. The van der Waals surface area contributed by atoms with Crippen LogP contribution in [0.3, 0.4) is 0 Å². The Morgan fingerprint density at radius 2 is 1.48 bits per heavy atom. The molecule has 3 aliphatic heterocycles. The third kappa shape index (κ3) is 5.88. The van der Waals surface area contributed by atoms with E-state index in [9.17, 15) is 13.2 Å². The normalized spacial score (nSPS) is 23.2. The van der Waals surface area contributed by atoms with Gasteiger partial charge in [0.15, 0.2) is 0 Å². The highest BCUT2D eigenvalue weighted by atomic mass is 32.2. The summed E-state index contributed by atoms with van der Waals surface area (Å²) in [6.45, 7) is 5.42. The molecule has 1 aromatic rings. The van der Waals surface area contributed by atoms with Gasteiger partial charge in [-0.2, -0.15) is 0 Å². The summed E-state index contributed by atoms with van der Waals surface area (Å²) in [7, 11) is -3.07. The number of rotatable bonds is 5. The first kappa shape index (κ1) is 22.7. The maximum absolute atomic E-state index is 13.0. The lowest BCUT2D eigenvalue weighted by molar-refractivity contribution is 0.0590. The fourth-order valence-corrected chi connectivity index (χ4v) is 6.34. The van der Waals surface area contributed by atoms with Gasteiger partial charge in [0.2, 0.25) is 10.0 Å². The van der Waals surface area contributed by atoms with E-state index in [1.54, 1.807) is 4.31 Å². The third-order valence-corrected chi connectivity index (χ3v) is 8.73. The highest BCUT2D eigenvalue weighted by Crippen LogP contribution is 2.24. The topological polar surface area (TPSA) is 60.9 Å². The number of likely N-dealkylation sites (tertiary alicyclic amines) is 2. The van der Waals surface area contributed by atoms with E-state index in [1.165, 1.54) is 44.2 Å². The first-order valence-electron chi connectivity index (χ1n) is 12.0. The molecule has 0 spiro atoms. The van der Waals surface area contributed by atoms with Crippen molar-refractivity contribution in [1.82, 2.24) is 14.1 Å². The van der Waals surface area contributed by atoms with Crippen LogP contribution in [0.2, 0.25) is 0 Å². The van der Waals surface area contributed by atoms with E-state index in [1.807, 2.05) is 17.0 Å². The molecule has 3 saturated heterocycles. The lowest BCUT2D eigenvalue weighted by atomic mass is 9.90. The van der Waals surface area contributed by atoms with E-state index in [0.717, 1.165) is 50.8 Å². The van der Waals surface area contributed by atoms with Crippen LogP contribution in [-0.2, 0) is 16.4 Å². The molecule has 0 saturated carbocycles. The van der Waals surface area contributed by atoms with Crippen molar-refractivity contribution in [2.45, 2.75) is 57.4 Å². The molecule has 6 nitrogen and oxygen atoms in total. The zero-order valence-corrected chi connectivity index (χ0v) is 19.7. The second kappa shape index (κ2) is 10.0. The average molecular weight is 448 g/mol. The minimum Gasteiger partial charge on any atom is -0.339 e. The van der Waals surface area contributed by atoms with Crippen LogP contribution in [0.4, 0.5) is 0 Å². The molecule has 31 heavy (non-hydrogen) atoms. The van der Waals surface area contributed by atoms with Gasteiger partial charge in [-0.25, -0.2) is 12.7 Å². The molecular weight excluding hydrogens is 410 g/mol. The fourth-order valence-electron chi connectivity index (χ4n) is 5.46. The maximum atomic E-state index is 13.0. The predicted octanol–water partition coefficient (Wildman–Crippen LogP) is 2.99. The summed E-state index contributed by atoms with van der Waals surface area (Å²) in [5, 5.41) is 0. The Balaban J connectivity index is 1.25. The Kier molecular flexibility index (Phi) is 7.34. The van der Waals surface area contributed by atoms with Crippen LogP contribution in [0.5, 0.6) is 0 Å². The van der Waals surface area contributed by atoms with E-state index in [-0.39, 0.29) is 5.91 Å². The number of benzene rings is 1. The number of amides is 1. The molecule has 3 fully saturated rings. The number of piperidine rings is 3. The summed E-state index contributed by atoms with van der Waals surface area (Å²) < 4.78 is 24.9. The number of carbonyl (C=O) groups excluding carboxylic acids is 1. The van der Waals surface area contributed by atoms with Gasteiger partial charge in [-0.1, -0.05) is 18.6 Å². The van der Waals surface area contributed by atoms with E-state index >= 15 is 0 Å². The van der Waals surface area contributed by atoms with Gasteiger partial charge >= 0.3 is 0 Å². The predicted molar refractivity (Wildman–Crippen MR) is 124 cm³/mol. The van der Waals surface area contributed by atoms with Gasteiger partial charge in [0.1, 0.15) is 0 Å². The minimum absolute atomic E-state index is 0.158. The summed E-state index contributed by atoms with van der Waals surface area (Å²) in [5.74, 6) is 0.665. The molecule has 0 aromatic heterocycles. The van der Waals surface area contributed by atoms with E-state index < -0.39 is 10.0 Å². The standard InChI is InChI=1S/C24H37N3O3S/c1-31(29,30)27-17-9-21(10-18-27)19-20-5-7-22(8-6-20)24(28)26-15-11-23(12-16-26)25-13-3-2-4-14-25/h5-8,21,23H,2-4,9-19H2,1H3. The number of nitrogens with zero attached hydrogens (tertiary/aromatic N) is 3. The Morgan fingerprint density at radius 1 is 0.871 bits per heavy atom. The van der Waals surface area contributed by atoms with Gasteiger partial charge in [-0.3, -0.25) is 4.79 Å². The van der Waals surface area contributed by atoms with Crippen molar-refractivity contribution < 1.29 is 13.2 Å². The van der Waals surface area contributed by atoms with Crippen molar-refractivity contribution in [3.8, 4) is 0 Å². The molecule has 0 atom stereocenters. The van der Waals surface area contributed by atoms with Crippen molar-refractivity contribution in [2.75, 3.05) is 45.5 Å². The van der Waals surface area contributed by atoms with E-state index in [0.29, 0.717) is 25.0 Å². The Bertz CT molecular complexity index is 833. The maximum Gasteiger partial charge on any atom is 0.253 e. The molecule has 3 heterocycles. The summed E-state index contributed by atoms with van der Waals surface area (Å²) >= 11 is 0. The van der Waals surface area contributed by atoms with Gasteiger partial charge in [-0.15, -0.1) is 0 Å². The first-order valence-corrected chi connectivity index (χ1v) is 13.8. The van der Waals surface area contributed by atoms with Gasteiger partial charge in [0, 0.05) is 37.8 Å². The van der Waals surface area contributed by atoms with Crippen LogP contribution >= 0.6 is 0 Å². The molecule has 4 rings (SSSR count). The van der Waals surface area contributed by atoms with Crippen LogP contribution in [0.1, 0.15) is 60.9 Å². The Hall–Kier alpha value is -1.44. The number of carbonyl (C=O) groups is 1. The molecule has 3 aliphatic rings. The highest BCUT2D eigenvalue weighted by molar-refractivity contribution is 7.88. The monoisotopic (exact) mass is 447 g/mol. The molecule has 0 aliphatic carbocycles. The van der Waals surface area contributed by atoms with Crippen molar-refractivity contribution in [2.24, 2.45) is 5.92 Å². The molecule has 172 valence electrons. The molecule has 1 amide bonds. The van der Waals surface area contributed by atoms with Gasteiger partial charge in [0.25, 0.3) is 5.91 Å². The van der Waals surface area contributed by atoms with Crippen LogP contribution in [-0.4, -0.2) is 80.0 Å². The van der Waals surface area contributed by atoms with E-state index in [2.05, 4.69) is 17.0 Å². The Labute approximate surface area is 187 Å². The summed E-state index contributed by atoms with van der Waals surface area (Å²) in [5.41, 5.74) is 2.02. The zero-order chi connectivity index (χ0) is 21.8. The van der Waals surface area contributed by atoms with Gasteiger partial charge < -0.3 is 9.80 Å². The minimum atomic E-state index is -3.07. The van der Waals surface area contributed by atoms with Crippen molar-refractivity contribution >= 4 is 15.9 Å². The first-order chi connectivity index (χ1) is 14.9. The lowest BCUT2D eigenvalue weighted by Gasteiger charge is -2.40. The highest BCUT2D eigenvalue weighted by Gasteiger charge is 2.28. The molecule has 0 radical (unpaired) electrons. The fraction of sp³-hybridized carbons (Fsp3) is 0.708. The second-order valence-corrected chi connectivity index (χ2v) is 11.6. The SMILES string of the molecule is CS(=O)(=O)N1CCC(Cc2ccc(C(=O)N3CCC(N4CCCCC4)CC3)cc2)CC1. The number of hydrogen-bond donors (Lipinski definition) is 0. The molecule has 0 unspecified atom stereocenters. The van der Waals surface area contributed by atoms with Gasteiger partial charge in [-0.05, 0) is 81.6 Å². The molecule has 0 N–H and O–H groups in total. The van der Waals surface area contributed by atoms with Crippen LogP contribution in [0.15, 0.2) is 24.3 Å². The third-order valence-electron chi connectivity index (χ3n) is 7.43. The molecule has 7 heteroatoms. The molecular formula is C24H37N3O3S. The van der Waals surface area contributed by atoms with Gasteiger partial charge in [0.05, 0.1) is 6.26 Å². The van der Waals surface area contributed by atoms with Crippen LogP contribution in [0, 0.1) is 5.92 Å². The van der Waals surface area contributed by atoms with Crippen molar-refractivity contribution in [3.63, 3.8) is 0 Å². The molecule has 0 bridgehead atoms. The quantitative estimate of drug-likeness (QED) is 0.696. The largest absolute Gasteiger partial charge is 0.339 e. The molecule has 1 aromatic carbocycles. The zero-order valence-electron chi connectivity index (χ0n) is 18.8. The van der Waals surface area contributed by atoms with Crippen molar-refractivity contribution in [1.29, 1.82) is 0 Å². The van der Waals surface area contributed by atoms with Crippen LogP contribution in [0.25, 0.3) is 0 Å². The average Bonchev–Trinajstić information content (AvgIpc) is 2.80. The Morgan fingerprint density at radius 3 is 2.06 bits per heavy atom. The van der Waals surface area contributed by atoms with Crippen molar-refractivity contribution in [3.05, 3.63) is 35.4 Å². The summed E-state index contributed by atoms with van der Waals surface area (Å²) in [4.78, 5) is 17.6.